The van der Waals surface area contributed by atoms with Crippen molar-refractivity contribution in [3.63, 3.8) is 0 Å². The number of alkyl halides is 3. The average molecular weight is 363 g/mol. The van der Waals surface area contributed by atoms with Gasteiger partial charge in [-0.3, -0.25) is 4.21 Å². The highest BCUT2D eigenvalue weighted by molar-refractivity contribution is 7.85. The molecule has 0 aromatic heterocycles. The molecule has 1 fully saturated rings. The fraction of sp³-hybridized carbons (Fsp3) is 0.647. The first kappa shape index (κ1) is 19.2. The first-order valence-corrected chi connectivity index (χ1v) is 9.66. The molecule has 7 heteroatoms. The highest BCUT2D eigenvalue weighted by atomic mass is 32.2. The molecule has 1 saturated carbocycles. The fourth-order valence-electron chi connectivity index (χ4n) is 2.98. The zero-order chi connectivity index (χ0) is 17.6. The van der Waals surface area contributed by atoms with Gasteiger partial charge >= 0.3 is 6.18 Å². The van der Waals surface area contributed by atoms with Gasteiger partial charge in [0.2, 0.25) is 0 Å². The first-order valence-electron chi connectivity index (χ1n) is 8.28. The summed E-state index contributed by atoms with van der Waals surface area (Å²) >= 11 is 0. The van der Waals surface area contributed by atoms with Crippen LogP contribution in [0.4, 0.5) is 13.2 Å². The molecule has 1 aliphatic rings. The van der Waals surface area contributed by atoms with E-state index in [1.165, 1.54) is 0 Å². The van der Waals surface area contributed by atoms with Crippen molar-refractivity contribution in [2.75, 3.05) is 12.4 Å². The maximum Gasteiger partial charge on any atom is 0.422 e. The van der Waals surface area contributed by atoms with Crippen LogP contribution >= 0.6 is 0 Å². The molecule has 2 rings (SSSR count). The molecule has 1 aromatic carbocycles. The molecule has 0 aliphatic heterocycles. The van der Waals surface area contributed by atoms with Gasteiger partial charge in [0.15, 0.2) is 6.61 Å². The summed E-state index contributed by atoms with van der Waals surface area (Å²) in [5, 5.41) is 3.66. The van der Waals surface area contributed by atoms with Crippen LogP contribution < -0.4 is 10.1 Å². The zero-order valence-electron chi connectivity index (χ0n) is 13.8. The van der Waals surface area contributed by atoms with E-state index in [4.69, 9.17) is 4.74 Å². The predicted octanol–water partition coefficient (Wildman–Crippen LogP) is 3.80. The van der Waals surface area contributed by atoms with Crippen molar-refractivity contribution in [2.45, 2.75) is 56.6 Å². The molecule has 0 heterocycles. The van der Waals surface area contributed by atoms with Crippen molar-refractivity contribution in [3.05, 3.63) is 29.8 Å². The number of ether oxygens (including phenoxy) is 1. The summed E-state index contributed by atoms with van der Waals surface area (Å²) in [6.45, 7) is 1.28. The van der Waals surface area contributed by atoms with Crippen LogP contribution in [0.5, 0.6) is 5.75 Å². The maximum absolute atomic E-state index is 12.1. The van der Waals surface area contributed by atoms with Crippen LogP contribution in [0.1, 0.15) is 38.2 Å². The smallest absolute Gasteiger partial charge is 0.422 e. The van der Waals surface area contributed by atoms with Gasteiger partial charge in [-0.05, 0) is 30.5 Å². The van der Waals surface area contributed by atoms with E-state index in [0.717, 1.165) is 31.2 Å². The Kier molecular flexibility index (Phi) is 7.10. The largest absolute Gasteiger partial charge is 0.484 e. The van der Waals surface area contributed by atoms with Crippen LogP contribution in [0.25, 0.3) is 0 Å². The summed E-state index contributed by atoms with van der Waals surface area (Å²) in [7, 11) is -0.805. The lowest BCUT2D eigenvalue weighted by molar-refractivity contribution is -0.153. The monoisotopic (exact) mass is 363 g/mol. The van der Waals surface area contributed by atoms with E-state index in [1.54, 1.807) is 24.3 Å². The fourth-order valence-corrected chi connectivity index (χ4v) is 4.43. The van der Waals surface area contributed by atoms with Gasteiger partial charge in [-0.25, -0.2) is 0 Å². The third kappa shape index (κ3) is 6.09. The van der Waals surface area contributed by atoms with E-state index in [9.17, 15) is 17.4 Å². The summed E-state index contributed by atoms with van der Waals surface area (Å²) in [6.07, 6.45) is -0.0597. The van der Waals surface area contributed by atoms with Crippen LogP contribution in [0, 0.1) is 0 Å². The Morgan fingerprint density at radius 1 is 1.21 bits per heavy atom. The minimum absolute atomic E-state index is 0.193. The lowest BCUT2D eigenvalue weighted by Crippen LogP contribution is -2.44. The quantitative estimate of drug-likeness (QED) is 0.801. The van der Waals surface area contributed by atoms with Crippen molar-refractivity contribution >= 4 is 10.8 Å². The van der Waals surface area contributed by atoms with Crippen LogP contribution in [0.2, 0.25) is 0 Å². The molecular weight excluding hydrogens is 339 g/mol. The summed E-state index contributed by atoms with van der Waals surface area (Å²) in [4.78, 5) is 0. The normalized spacial score (nSPS) is 23.0. The average Bonchev–Trinajstić information content (AvgIpc) is 2.58. The Bertz CT molecular complexity index is 534. The summed E-state index contributed by atoms with van der Waals surface area (Å²) in [6, 6.07) is 6.85. The van der Waals surface area contributed by atoms with Gasteiger partial charge in [-0.1, -0.05) is 31.9 Å². The molecule has 1 aliphatic carbocycles. The second kappa shape index (κ2) is 8.85. The first-order chi connectivity index (χ1) is 11.4. The Hall–Kier alpha value is -1.08. The summed E-state index contributed by atoms with van der Waals surface area (Å²) in [5.74, 6) is 0.882. The predicted molar refractivity (Wildman–Crippen MR) is 89.6 cm³/mol. The number of benzene rings is 1. The number of rotatable bonds is 7. The van der Waals surface area contributed by atoms with Crippen molar-refractivity contribution in [1.29, 1.82) is 0 Å². The molecule has 0 saturated heterocycles. The molecular formula is C17H24F3NO2S. The molecule has 24 heavy (non-hydrogen) atoms. The van der Waals surface area contributed by atoms with Gasteiger partial charge < -0.3 is 10.1 Å². The van der Waals surface area contributed by atoms with Gasteiger partial charge in [-0.15, -0.1) is 0 Å². The Labute approximate surface area is 143 Å². The minimum atomic E-state index is -4.33. The molecule has 0 radical (unpaired) electrons. The Balaban J connectivity index is 1.86. The summed E-state index contributed by atoms with van der Waals surface area (Å²) < 4.78 is 53.2. The topological polar surface area (TPSA) is 38.3 Å². The van der Waals surface area contributed by atoms with Gasteiger partial charge in [0.25, 0.3) is 0 Å². The second-order valence-electron chi connectivity index (χ2n) is 6.03. The third-order valence-electron chi connectivity index (χ3n) is 4.22. The molecule has 0 spiro atoms. The standard InChI is InChI=1S/C17H24F3NO2S/c1-2-24(22)16-6-4-3-5-15(16)21-11-13-7-9-14(10-8-13)23-12-17(18,19)20/h7-10,15-16,21H,2-6,11-12H2,1H3/t15-,16-,24+/m0/s1. The lowest BCUT2D eigenvalue weighted by atomic mass is 9.94. The molecule has 0 unspecified atom stereocenters. The van der Waals surface area contributed by atoms with Crippen molar-refractivity contribution in [2.24, 2.45) is 0 Å². The minimum Gasteiger partial charge on any atom is -0.484 e. The van der Waals surface area contributed by atoms with Crippen molar-refractivity contribution in [1.82, 2.24) is 5.32 Å². The number of halogens is 3. The summed E-state index contributed by atoms with van der Waals surface area (Å²) in [5.41, 5.74) is 0.973. The van der Waals surface area contributed by atoms with Crippen LogP contribution in [-0.2, 0) is 17.3 Å². The van der Waals surface area contributed by atoms with E-state index >= 15 is 0 Å². The van der Waals surface area contributed by atoms with E-state index < -0.39 is 23.6 Å². The maximum atomic E-state index is 12.1. The third-order valence-corrected chi connectivity index (χ3v) is 6.03. The molecule has 1 aromatic rings. The van der Waals surface area contributed by atoms with Crippen molar-refractivity contribution in [3.8, 4) is 5.75 Å². The van der Waals surface area contributed by atoms with Crippen LogP contribution in [0.15, 0.2) is 24.3 Å². The number of hydrogen-bond acceptors (Lipinski definition) is 3. The Morgan fingerprint density at radius 3 is 2.50 bits per heavy atom. The van der Waals surface area contributed by atoms with Gasteiger partial charge in [-0.2, -0.15) is 13.2 Å². The number of nitrogens with one attached hydrogen (secondary N) is 1. The molecule has 3 atom stereocenters. The molecule has 0 amide bonds. The van der Waals surface area contributed by atoms with Gasteiger partial charge in [0.05, 0.1) is 5.25 Å². The molecule has 1 N–H and O–H groups in total. The molecule has 3 nitrogen and oxygen atoms in total. The van der Waals surface area contributed by atoms with E-state index in [1.807, 2.05) is 6.92 Å². The van der Waals surface area contributed by atoms with E-state index in [2.05, 4.69) is 5.32 Å². The molecule has 136 valence electrons. The Morgan fingerprint density at radius 2 is 1.88 bits per heavy atom. The van der Waals surface area contributed by atoms with E-state index in [-0.39, 0.29) is 17.0 Å². The van der Waals surface area contributed by atoms with E-state index in [0.29, 0.717) is 12.3 Å². The highest BCUT2D eigenvalue weighted by Gasteiger charge is 2.29. The van der Waals surface area contributed by atoms with Crippen molar-refractivity contribution < 1.29 is 22.1 Å². The number of hydrogen-bond donors (Lipinski definition) is 1. The van der Waals surface area contributed by atoms with Gasteiger partial charge in [0, 0.05) is 29.1 Å². The molecule has 0 bridgehead atoms. The second-order valence-corrected chi connectivity index (χ2v) is 7.97. The van der Waals surface area contributed by atoms with Crippen LogP contribution in [-0.4, -0.2) is 34.0 Å². The lowest BCUT2D eigenvalue weighted by Gasteiger charge is -2.31. The highest BCUT2D eigenvalue weighted by Crippen LogP contribution is 2.24. The van der Waals surface area contributed by atoms with Gasteiger partial charge in [0.1, 0.15) is 5.75 Å². The van der Waals surface area contributed by atoms with Crippen LogP contribution in [0.3, 0.4) is 0 Å². The SMILES string of the molecule is CC[S@@](=O)[C@H]1CCCC[C@@H]1NCc1ccc(OCC(F)(F)F)cc1. The zero-order valence-corrected chi connectivity index (χ0v) is 14.6.